The van der Waals surface area contributed by atoms with Gasteiger partial charge in [0.05, 0.1) is 17.7 Å². The van der Waals surface area contributed by atoms with Crippen LogP contribution in [0.15, 0.2) is 48.5 Å². The van der Waals surface area contributed by atoms with Gasteiger partial charge in [-0.15, -0.1) is 0 Å². The zero-order valence-electron chi connectivity index (χ0n) is 14.2. The van der Waals surface area contributed by atoms with Crippen molar-refractivity contribution < 1.29 is 5.11 Å². The maximum atomic E-state index is 9.39. The maximum Gasteiger partial charge on any atom is 0.134 e. The molecule has 2 aromatic carbocycles. The molecule has 0 spiro atoms. The second-order valence-electron chi connectivity index (χ2n) is 5.76. The Morgan fingerprint density at radius 2 is 1.71 bits per heavy atom. The molecule has 124 valence electrons. The third-order valence-corrected chi connectivity index (χ3v) is 4.24. The number of fused-ring (bicyclic) bond motifs is 1. The first-order chi connectivity index (χ1) is 11.7. The van der Waals surface area contributed by atoms with Gasteiger partial charge in [0.15, 0.2) is 0 Å². The molecule has 3 rings (SSSR count). The van der Waals surface area contributed by atoms with Crippen molar-refractivity contribution in [2.45, 2.75) is 20.5 Å². The summed E-state index contributed by atoms with van der Waals surface area (Å²) in [6.45, 7) is 7.18. The Kier molecular flexibility index (Phi) is 4.96. The molecule has 0 amide bonds. The standard InChI is InChI=1S/C20H23N3O/c1-3-22(4-2)15-23-19-8-6-5-7-18(19)21-20(23)14-11-16-9-12-17(24)13-10-16/h5-14,24H,3-4,15H2,1-2H3. The summed E-state index contributed by atoms with van der Waals surface area (Å²) in [5, 5.41) is 9.39. The van der Waals surface area contributed by atoms with Crippen LogP contribution >= 0.6 is 0 Å². The predicted molar refractivity (Wildman–Crippen MR) is 99.7 cm³/mol. The van der Waals surface area contributed by atoms with Crippen LogP contribution in [0.4, 0.5) is 0 Å². The first-order valence-corrected chi connectivity index (χ1v) is 8.36. The van der Waals surface area contributed by atoms with Crippen molar-refractivity contribution in [2.75, 3.05) is 13.1 Å². The van der Waals surface area contributed by atoms with Gasteiger partial charge >= 0.3 is 0 Å². The van der Waals surface area contributed by atoms with Crippen LogP contribution in [0.3, 0.4) is 0 Å². The minimum absolute atomic E-state index is 0.279. The van der Waals surface area contributed by atoms with Gasteiger partial charge in [0, 0.05) is 0 Å². The molecule has 0 saturated carbocycles. The van der Waals surface area contributed by atoms with Crippen LogP contribution in [0.5, 0.6) is 5.75 Å². The van der Waals surface area contributed by atoms with Crippen LogP contribution in [-0.4, -0.2) is 32.6 Å². The molecule has 0 radical (unpaired) electrons. The van der Waals surface area contributed by atoms with E-state index >= 15 is 0 Å². The van der Waals surface area contributed by atoms with Crippen LogP contribution in [0, 0.1) is 0 Å². The van der Waals surface area contributed by atoms with Gasteiger partial charge in [0.2, 0.25) is 0 Å². The summed E-state index contributed by atoms with van der Waals surface area (Å²) in [6.07, 6.45) is 4.06. The van der Waals surface area contributed by atoms with Crippen molar-refractivity contribution in [3.8, 4) is 5.75 Å². The summed E-state index contributed by atoms with van der Waals surface area (Å²) in [7, 11) is 0. The molecule has 4 heteroatoms. The molecule has 0 atom stereocenters. The number of rotatable bonds is 6. The number of imidazole rings is 1. The van der Waals surface area contributed by atoms with Crippen molar-refractivity contribution in [3.05, 3.63) is 59.9 Å². The van der Waals surface area contributed by atoms with Gasteiger partial charge in [0.1, 0.15) is 11.6 Å². The second kappa shape index (κ2) is 7.32. The van der Waals surface area contributed by atoms with Crippen LogP contribution < -0.4 is 0 Å². The lowest BCUT2D eigenvalue weighted by atomic mass is 10.2. The van der Waals surface area contributed by atoms with E-state index in [2.05, 4.69) is 35.4 Å². The highest BCUT2D eigenvalue weighted by atomic mass is 16.3. The van der Waals surface area contributed by atoms with Gasteiger partial charge in [-0.3, -0.25) is 4.90 Å². The predicted octanol–water partition coefficient (Wildman–Crippen LogP) is 4.21. The molecular formula is C20H23N3O. The number of aromatic hydroxyl groups is 1. The molecule has 3 aromatic rings. The van der Waals surface area contributed by atoms with E-state index in [0.29, 0.717) is 0 Å². The minimum Gasteiger partial charge on any atom is -0.508 e. The van der Waals surface area contributed by atoms with Gasteiger partial charge in [-0.1, -0.05) is 44.2 Å². The summed E-state index contributed by atoms with van der Waals surface area (Å²) in [4.78, 5) is 7.13. The number of phenolic OH excluding ortho intramolecular Hbond substituents is 1. The van der Waals surface area contributed by atoms with Crippen LogP contribution in [0.2, 0.25) is 0 Å². The van der Waals surface area contributed by atoms with E-state index in [1.165, 1.54) is 0 Å². The van der Waals surface area contributed by atoms with Gasteiger partial charge in [-0.05, 0) is 49.0 Å². The fourth-order valence-corrected chi connectivity index (χ4v) is 2.75. The Morgan fingerprint density at radius 1 is 1.00 bits per heavy atom. The highest BCUT2D eigenvalue weighted by Crippen LogP contribution is 2.19. The highest BCUT2D eigenvalue weighted by Gasteiger charge is 2.10. The topological polar surface area (TPSA) is 41.3 Å². The van der Waals surface area contributed by atoms with Crippen LogP contribution in [-0.2, 0) is 6.67 Å². The van der Waals surface area contributed by atoms with E-state index in [0.717, 1.165) is 42.2 Å². The molecule has 0 saturated heterocycles. The first-order valence-electron chi connectivity index (χ1n) is 8.36. The zero-order chi connectivity index (χ0) is 16.9. The summed E-state index contributed by atoms with van der Waals surface area (Å²) in [5.41, 5.74) is 3.19. The summed E-state index contributed by atoms with van der Waals surface area (Å²) in [5.74, 6) is 1.22. The molecule has 4 nitrogen and oxygen atoms in total. The van der Waals surface area contributed by atoms with Crippen LogP contribution in [0.1, 0.15) is 25.2 Å². The molecular weight excluding hydrogens is 298 g/mol. The Hall–Kier alpha value is -2.59. The average molecular weight is 321 g/mol. The summed E-state index contributed by atoms with van der Waals surface area (Å²) in [6, 6.07) is 15.4. The molecule has 24 heavy (non-hydrogen) atoms. The molecule has 1 N–H and O–H groups in total. The van der Waals surface area contributed by atoms with Crippen molar-refractivity contribution in [3.63, 3.8) is 0 Å². The fraction of sp³-hybridized carbons (Fsp3) is 0.250. The van der Waals surface area contributed by atoms with E-state index < -0.39 is 0 Å². The average Bonchev–Trinajstić information content (AvgIpc) is 2.96. The van der Waals surface area contributed by atoms with E-state index in [1.807, 2.05) is 36.4 Å². The number of aromatic nitrogens is 2. The smallest absolute Gasteiger partial charge is 0.134 e. The lowest BCUT2D eigenvalue weighted by Crippen LogP contribution is -2.26. The lowest BCUT2D eigenvalue weighted by molar-refractivity contribution is 0.245. The molecule has 1 aromatic heterocycles. The lowest BCUT2D eigenvalue weighted by Gasteiger charge is -2.20. The molecule has 0 fully saturated rings. The SMILES string of the molecule is CCN(CC)Cn1c(C=Cc2ccc(O)cc2)nc2ccccc21. The Balaban J connectivity index is 1.98. The highest BCUT2D eigenvalue weighted by molar-refractivity contribution is 5.79. The molecule has 0 aliphatic rings. The molecule has 0 aliphatic carbocycles. The second-order valence-corrected chi connectivity index (χ2v) is 5.76. The van der Waals surface area contributed by atoms with Gasteiger partial charge in [-0.2, -0.15) is 0 Å². The number of hydrogen-bond donors (Lipinski definition) is 1. The van der Waals surface area contributed by atoms with Crippen molar-refractivity contribution in [2.24, 2.45) is 0 Å². The van der Waals surface area contributed by atoms with Crippen molar-refractivity contribution in [1.29, 1.82) is 0 Å². The van der Waals surface area contributed by atoms with Crippen molar-refractivity contribution >= 4 is 23.2 Å². The van der Waals surface area contributed by atoms with E-state index in [4.69, 9.17) is 4.98 Å². The number of phenols is 1. The Bertz CT molecular complexity index is 830. The van der Waals surface area contributed by atoms with Gasteiger partial charge < -0.3 is 9.67 Å². The van der Waals surface area contributed by atoms with Crippen molar-refractivity contribution in [1.82, 2.24) is 14.5 Å². The molecule has 0 unspecified atom stereocenters. The normalized spacial score (nSPS) is 11.8. The monoisotopic (exact) mass is 321 g/mol. The minimum atomic E-state index is 0.279. The Labute approximate surface area is 142 Å². The zero-order valence-corrected chi connectivity index (χ0v) is 14.2. The third-order valence-electron chi connectivity index (χ3n) is 4.24. The molecule has 0 bridgehead atoms. The van der Waals surface area contributed by atoms with E-state index in [1.54, 1.807) is 12.1 Å². The number of hydrogen-bond acceptors (Lipinski definition) is 3. The number of nitrogens with zero attached hydrogens (tertiary/aromatic N) is 3. The summed E-state index contributed by atoms with van der Waals surface area (Å²) < 4.78 is 2.25. The van der Waals surface area contributed by atoms with Gasteiger partial charge in [0.25, 0.3) is 0 Å². The van der Waals surface area contributed by atoms with E-state index in [9.17, 15) is 5.11 Å². The largest absolute Gasteiger partial charge is 0.508 e. The third kappa shape index (κ3) is 3.49. The molecule has 0 aliphatic heterocycles. The Morgan fingerprint density at radius 3 is 2.42 bits per heavy atom. The quantitative estimate of drug-likeness (QED) is 0.739. The number of benzene rings is 2. The maximum absolute atomic E-state index is 9.39. The van der Waals surface area contributed by atoms with E-state index in [-0.39, 0.29) is 5.75 Å². The molecule has 1 heterocycles. The fourth-order valence-electron chi connectivity index (χ4n) is 2.75. The summed E-state index contributed by atoms with van der Waals surface area (Å²) >= 11 is 0. The van der Waals surface area contributed by atoms with Crippen LogP contribution in [0.25, 0.3) is 23.2 Å². The first kappa shape index (κ1) is 16.3. The van der Waals surface area contributed by atoms with Gasteiger partial charge in [-0.25, -0.2) is 4.98 Å². The number of para-hydroxylation sites is 2.